The van der Waals surface area contributed by atoms with Crippen LogP contribution in [0.15, 0.2) is 53.7 Å². The van der Waals surface area contributed by atoms with Crippen LogP contribution in [-0.2, 0) is 17.6 Å². The molecule has 0 saturated heterocycles. The monoisotopic (exact) mass is 423 g/mol. The maximum atomic E-state index is 13.1. The molecule has 1 atom stereocenters. The van der Waals surface area contributed by atoms with Crippen molar-refractivity contribution in [3.63, 3.8) is 0 Å². The summed E-state index contributed by atoms with van der Waals surface area (Å²) in [6, 6.07) is 10.3. The minimum absolute atomic E-state index is 0.0124. The first-order valence-electron chi connectivity index (χ1n) is 9.43. The van der Waals surface area contributed by atoms with Crippen molar-refractivity contribution in [2.24, 2.45) is 5.16 Å². The molecule has 0 saturated carbocycles. The lowest BCUT2D eigenvalue weighted by Crippen LogP contribution is -2.43. The third-order valence-corrected chi connectivity index (χ3v) is 4.58. The Hall–Kier alpha value is -3.10. The van der Waals surface area contributed by atoms with E-state index in [1.54, 1.807) is 19.1 Å². The van der Waals surface area contributed by atoms with Crippen LogP contribution in [0.25, 0.3) is 0 Å². The molecule has 2 amide bonds. The second-order valence-corrected chi connectivity index (χ2v) is 6.89. The van der Waals surface area contributed by atoms with E-state index in [9.17, 15) is 22.4 Å². The Labute approximate surface area is 171 Å². The molecule has 0 radical (unpaired) electrons. The van der Waals surface area contributed by atoms with Gasteiger partial charge in [0.1, 0.15) is 5.82 Å². The second kappa shape index (κ2) is 9.15. The summed E-state index contributed by atoms with van der Waals surface area (Å²) in [5.74, 6) is -0.363. The van der Waals surface area contributed by atoms with Gasteiger partial charge in [0, 0.05) is 19.5 Å². The Morgan fingerprint density at radius 3 is 2.63 bits per heavy atom. The molecule has 1 unspecified atom stereocenters. The van der Waals surface area contributed by atoms with Crippen LogP contribution >= 0.6 is 0 Å². The van der Waals surface area contributed by atoms with Crippen molar-refractivity contribution < 1.29 is 27.2 Å². The zero-order valence-corrected chi connectivity index (χ0v) is 16.2. The van der Waals surface area contributed by atoms with Crippen LogP contribution in [0.1, 0.15) is 30.0 Å². The number of amides is 2. The fourth-order valence-electron chi connectivity index (χ4n) is 3.13. The molecule has 9 heteroatoms. The maximum Gasteiger partial charge on any atom is 0.416 e. The van der Waals surface area contributed by atoms with E-state index in [2.05, 4.69) is 10.5 Å². The van der Waals surface area contributed by atoms with E-state index in [1.807, 2.05) is 0 Å². The minimum Gasteiger partial charge on any atom is -0.390 e. The molecule has 0 aromatic heterocycles. The minimum atomic E-state index is -4.46. The largest absolute Gasteiger partial charge is 0.416 e. The molecule has 2 aromatic carbocycles. The summed E-state index contributed by atoms with van der Waals surface area (Å²) in [5.41, 5.74) is 0.917. The van der Waals surface area contributed by atoms with Crippen LogP contribution in [-0.4, -0.2) is 35.8 Å². The van der Waals surface area contributed by atoms with Gasteiger partial charge in [0.25, 0.3) is 0 Å². The van der Waals surface area contributed by atoms with Crippen molar-refractivity contribution in [2.45, 2.75) is 32.2 Å². The second-order valence-electron chi connectivity index (χ2n) is 6.89. The van der Waals surface area contributed by atoms with Crippen molar-refractivity contribution in [1.82, 2.24) is 10.2 Å². The lowest BCUT2D eigenvalue weighted by atomic mass is 10.0. The molecule has 2 aromatic rings. The summed E-state index contributed by atoms with van der Waals surface area (Å²) in [7, 11) is 0. The van der Waals surface area contributed by atoms with E-state index in [1.165, 1.54) is 29.2 Å². The molecule has 160 valence electrons. The van der Waals surface area contributed by atoms with Crippen LogP contribution in [0.5, 0.6) is 0 Å². The first-order valence-corrected chi connectivity index (χ1v) is 9.43. The van der Waals surface area contributed by atoms with Crippen LogP contribution in [0.3, 0.4) is 0 Å². The highest BCUT2D eigenvalue weighted by Crippen LogP contribution is 2.30. The summed E-state index contributed by atoms with van der Waals surface area (Å²) >= 11 is 0. The molecule has 30 heavy (non-hydrogen) atoms. The molecule has 5 nitrogen and oxygen atoms in total. The van der Waals surface area contributed by atoms with E-state index >= 15 is 0 Å². The third-order valence-electron chi connectivity index (χ3n) is 4.58. The van der Waals surface area contributed by atoms with Crippen molar-refractivity contribution in [1.29, 1.82) is 0 Å². The van der Waals surface area contributed by atoms with Gasteiger partial charge in [-0.1, -0.05) is 29.4 Å². The summed E-state index contributed by atoms with van der Waals surface area (Å²) < 4.78 is 52.1. The molecule has 1 N–H and O–H groups in total. The Balaban J connectivity index is 1.69. The summed E-state index contributed by atoms with van der Waals surface area (Å²) in [4.78, 5) is 19.3. The number of alkyl halides is 3. The van der Waals surface area contributed by atoms with Gasteiger partial charge in [0.05, 0.1) is 17.8 Å². The molecule has 0 bridgehead atoms. The van der Waals surface area contributed by atoms with Gasteiger partial charge in [0.2, 0.25) is 0 Å². The van der Waals surface area contributed by atoms with Gasteiger partial charge in [0.15, 0.2) is 6.10 Å². The van der Waals surface area contributed by atoms with Crippen LogP contribution in [0, 0.1) is 5.82 Å². The number of carbonyl (C=O) groups is 1. The Morgan fingerprint density at radius 1 is 1.23 bits per heavy atom. The number of nitrogens with zero attached hydrogens (tertiary/aromatic N) is 2. The van der Waals surface area contributed by atoms with Gasteiger partial charge in [-0.3, -0.25) is 0 Å². The highest BCUT2D eigenvalue weighted by molar-refractivity contribution is 6.01. The number of halogens is 4. The van der Waals surface area contributed by atoms with Crippen molar-refractivity contribution >= 4 is 11.7 Å². The number of oxime groups is 1. The number of urea groups is 1. The first-order chi connectivity index (χ1) is 14.3. The molecule has 3 rings (SSSR count). The molecule has 0 fully saturated rings. The first kappa shape index (κ1) is 21.6. The topological polar surface area (TPSA) is 53.9 Å². The van der Waals surface area contributed by atoms with E-state index in [0.29, 0.717) is 29.8 Å². The van der Waals surface area contributed by atoms with Gasteiger partial charge >= 0.3 is 12.2 Å². The van der Waals surface area contributed by atoms with Crippen molar-refractivity contribution in [3.05, 3.63) is 71.0 Å². The van der Waals surface area contributed by atoms with E-state index < -0.39 is 23.9 Å². The van der Waals surface area contributed by atoms with Gasteiger partial charge in [-0.05, 0) is 42.3 Å². The fraction of sp³-hybridized carbons (Fsp3) is 0.333. The van der Waals surface area contributed by atoms with Crippen molar-refractivity contribution in [3.8, 4) is 0 Å². The zero-order chi connectivity index (χ0) is 21.7. The molecule has 1 aliphatic heterocycles. The normalized spacial score (nSPS) is 16.0. The van der Waals surface area contributed by atoms with E-state index in [4.69, 9.17) is 4.84 Å². The molecule has 1 aliphatic rings. The van der Waals surface area contributed by atoms with Gasteiger partial charge in [-0.2, -0.15) is 13.2 Å². The number of benzene rings is 2. The van der Waals surface area contributed by atoms with Crippen molar-refractivity contribution in [2.75, 3.05) is 13.1 Å². The number of hydrogen-bond donors (Lipinski definition) is 1. The highest BCUT2D eigenvalue weighted by atomic mass is 19.4. The Morgan fingerprint density at radius 2 is 1.97 bits per heavy atom. The molecule has 0 aliphatic carbocycles. The molecular weight excluding hydrogens is 402 g/mol. The number of rotatable bonds is 6. The number of nitrogens with one attached hydrogen (secondary N) is 1. The zero-order valence-electron chi connectivity index (χ0n) is 16.2. The summed E-state index contributed by atoms with van der Waals surface area (Å²) in [5, 5.41) is 6.68. The molecule has 0 spiro atoms. The van der Waals surface area contributed by atoms with Crippen LogP contribution in [0.4, 0.5) is 22.4 Å². The summed E-state index contributed by atoms with van der Waals surface area (Å²) in [6.45, 7) is 2.25. The fourth-order valence-corrected chi connectivity index (χ4v) is 3.13. The lowest BCUT2D eigenvalue weighted by molar-refractivity contribution is -0.137. The average Bonchev–Trinajstić information content (AvgIpc) is 3.16. The standard InChI is InChI=1S/C21H21F4N3O2/c1-2-26-20(29)28(12-14-4-3-5-16(10-14)21(23,24)25)13-18-11-19(27-30-18)15-6-8-17(22)9-7-15/h3-10,18H,2,11-13H2,1H3,(H,26,29). The van der Waals surface area contributed by atoms with Gasteiger partial charge in [-0.15, -0.1) is 0 Å². The Bertz CT molecular complexity index is 913. The number of carbonyl (C=O) groups excluding carboxylic acids is 1. The predicted molar refractivity (Wildman–Crippen MR) is 103 cm³/mol. The predicted octanol–water partition coefficient (Wildman–Crippen LogP) is 4.57. The van der Waals surface area contributed by atoms with E-state index in [0.717, 1.165) is 12.1 Å². The average molecular weight is 423 g/mol. The van der Waals surface area contributed by atoms with Gasteiger partial charge < -0.3 is 15.1 Å². The maximum absolute atomic E-state index is 13.1. The van der Waals surface area contributed by atoms with E-state index in [-0.39, 0.29) is 18.9 Å². The summed E-state index contributed by atoms with van der Waals surface area (Å²) in [6.07, 6.45) is -4.53. The third kappa shape index (κ3) is 5.49. The molecule has 1 heterocycles. The van der Waals surface area contributed by atoms with Crippen LogP contribution < -0.4 is 5.32 Å². The van der Waals surface area contributed by atoms with Gasteiger partial charge in [-0.25, -0.2) is 9.18 Å². The molecular formula is C21H21F4N3O2. The SMILES string of the molecule is CCNC(=O)N(Cc1cccc(C(F)(F)F)c1)CC1CC(c2ccc(F)cc2)=NO1. The highest BCUT2D eigenvalue weighted by Gasteiger charge is 2.31. The van der Waals surface area contributed by atoms with Crippen LogP contribution in [0.2, 0.25) is 0 Å². The lowest BCUT2D eigenvalue weighted by Gasteiger charge is -2.25. The quantitative estimate of drug-likeness (QED) is 0.692. The Kier molecular flexibility index (Phi) is 6.59. The number of hydrogen-bond acceptors (Lipinski definition) is 3. The smallest absolute Gasteiger partial charge is 0.390 e.